The minimum Gasteiger partial charge on any atom is -0.376 e. The van der Waals surface area contributed by atoms with E-state index in [0.717, 1.165) is 64.1 Å². The second-order valence-corrected chi connectivity index (χ2v) is 10.8. The number of ether oxygens (including phenoxy) is 1. The maximum Gasteiger partial charge on any atom is 0.211 e. The monoisotopic (exact) mass is 467 g/mol. The molecule has 2 fully saturated rings. The lowest BCUT2D eigenvalue weighted by atomic mass is 9.73. The van der Waals surface area contributed by atoms with Crippen LogP contribution in [0.5, 0.6) is 0 Å². The van der Waals surface area contributed by atoms with E-state index in [4.69, 9.17) is 21.2 Å². The molecule has 0 bridgehead atoms. The van der Waals surface area contributed by atoms with Crippen LogP contribution in [0.4, 0.5) is 11.1 Å². The predicted molar refractivity (Wildman–Crippen MR) is 128 cm³/mol. The van der Waals surface area contributed by atoms with Gasteiger partial charge in [0.15, 0.2) is 10.8 Å². The quantitative estimate of drug-likeness (QED) is 0.472. The fourth-order valence-corrected chi connectivity index (χ4v) is 6.87. The van der Waals surface area contributed by atoms with Crippen molar-refractivity contribution in [1.29, 1.82) is 0 Å². The minimum atomic E-state index is 0.0923. The zero-order chi connectivity index (χ0) is 21.9. The summed E-state index contributed by atoms with van der Waals surface area (Å²) in [5, 5.41) is 0.581. The number of benzene rings is 1. The zero-order valence-corrected chi connectivity index (χ0v) is 19.4. The van der Waals surface area contributed by atoms with Crippen molar-refractivity contribution in [3.63, 3.8) is 0 Å². The molecule has 5 heterocycles. The summed E-state index contributed by atoms with van der Waals surface area (Å²) in [5.41, 5.74) is 14.4. The molecule has 0 aliphatic carbocycles. The summed E-state index contributed by atoms with van der Waals surface area (Å²) in [6.45, 7) is 4.67. The third-order valence-electron chi connectivity index (χ3n) is 6.88. The average Bonchev–Trinajstić information content (AvgIpc) is 3.50. The third kappa shape index (κ3) is 3.16. The van der Waals surface area contributed by atoms with Gasteiger partial charge in [-0.1, -0.05) is 29.2 Å². The van der Waals surface area contributed by atoms with E-state index < -0.39 is 0 Å². The molecule has 4 N–H and O–H groups in total. The summed E-state index contributed by atoms with van der Waals surface area (Å²) in [7, 11) is 0. The van der Waals surface area contributed by atoms with Gasteiger partial charge in [-0.3, -0.25) is 4.40 Å². The van der Waals surface area contributed by atoms with Crippen LogP contribution in [-0.2, 0) is 4.74 Å². The molecule has 2 aliphatic rings. The standard InChI is InChI=1S/C22H25N7OS2/c1-13-18(23)22(12-30-13)5-8-28(9-6-22)21-26-11-16(19-25-7-10-29(19)21)31-15-4-2-3-14-17(15)32-20(24)27-14/h2-4,7,10-11,13,18H,5-6,8-9,12,23H2,1H3,(H2,24,27)/t13-,18+/m0/s1. The van der Waals surface area contributed by atoms with Gasteiger partial charge < -0.3 is 21.1 Å². The van der Waals surface area contributed by atoms with Gasteiger partial charge in [-0.05, 0) is 31.9 Å². The lowest BCUT2D eigenvalue weighted by molar-refractivity contribution is 0.0973. The highest BCUT2D eigenvalue weighted by atomic mass is 32.2. The van der Waals surface area contributed by atoms with Crippen molar-refractivity contribution >= 4 is 50.0 Å². The van der Waals surface area contributed by atoms with E-state index in [1.54, 1.807) is 11.8 Å². The molecule has 0 saturated carbocycles. The summed E-state index contributed by atoms with van der Waals surface area (Å²) < 4.78 is 9.06. The van der Waals surface area contributed by atoms with Crippen LogP contribution in [0.15, 0.2) is 46.6 Å². The van der Waals surface area contributed by atoms with E-state index >= 15 is 0 Å². The van der Waals surface area contributed by atoms with Gasteiger partial charge in [0, 0.05) is 48.0 Å². The molecule has 2 saturated heterocycles. The summed E-state index contributed by atoms with van der Waals surface area (Å²) >= 11 is 3.16. The normalized spacial score (nSPS) is 23.0. The van der Waals surface area contributed by atoms with Crippen molar-refractivity contribution in [3.8, 4) is 0 Å². The summed E-state index contributed by atoms with van der Waals surface area (Å²) in [6, 6.07) is 6.20. The van der Waals surface area contributed by atoms with E-state index in [1.165, 1.54) is 11.3 Å². The number of hydrogen-bond acceptors (Lipinski definition) is 9. The SMILES string of the molecule is C[C@@H]1OCC2(CCN(c3ncc(Sc4cccc5nc(N)sc45)c4nccn34)CC2)[C@@H]1N. The molecule has 166 valence electrons. The number of nitrogens with zero attached hydrogens (tertiary/aromatic N) is 5. The smallest absolute Gasteiger partial charge is 0.211 e. The molecule has 2 atom stereocenters. The lowest BCUT2D eigenvalue weighted by Crippen LogP contribution is -2.51. The van der Waals surface area contributed by atoms with E-state index in [2.05, 4.69) is 32.3 Å². The van der Waals surface area contributed by atoms with E-state index in [1.807, 2.05) is 30.7 Å². The van der Waals surface area contributed by atoms with Crippen LogP contribution in [-0.4, -0.2) is 51.2 Å². The number of piperidine rings is 1. The second kappa shape index (κ2) is 7.58. The first-order valence-electron chi connectivity index (χ1n) is 10.8. The molecule has 10 heteroatoms. The number of imidazole rings is 1. The summed E-state index contributed by atoms with van der Waals surface area (Å²) in [5.74, 6) is 0.928. The van der Waals surface area contributed by atoms with Crippen molar-refractivity contribution in [1.82, 2.24) is 19.4 Å². The highest BCUT2D eigenvalue weighted by Gasteiger charge is 2.47. The van der Waals surface area contributed by atoms with Gasteiger partial charge in [-0.25, -0.2) is 15.0 Å². The van der Waals surface area contributed by atoms with Crippen LogP contribution in [0.3, 0.4) is 0 Å². The van der Waals surface area contributed by atoms with Gasteiger partial charge >= 0.3 is 0 Å². The van der Waals surface area contributed by atoms with Crippen molar-refractivity contribution in [3.05, 3.63) is 36.8 Å². The Morgan fingerprint density at radius 1 is 1.22 bits per heavy atom. The third-order valence-corrected chi connectivity index (χ3v) is 9.01. The molecule has 0 radical (unpaired) electrons. The highest BCUT2D eigenvalue weighted by Crippen LogP contribution is 2.42. The molecule has 0 amide bonds. The van der Waals surface area contributed by atoms with Gasteiger partial charge in [0.25, 0.3) is 0 Å². The fourth-order valence-electron chi connectivity index (χ4n) is 4.95. The van der Waals surface area contributed by atoms with Gasteiger partial charge in [-0.2, -0.15) is 0 Å². The topological polar surface area (TPSA) is 108 Å². The molecule has 8 nitrogen and oxygen atoms in total. The maximum absolute atomic E-state index is 6.49. The Morgan fingerprint density at radius 3 is 2.84 bits per heavy atom. The Labute approximate surface area is 194 Å². The van der Waals surface area contributed by atoms with Crippen LogP contribution in [0.1, 0.15) is 19.8 Å². The van der Waals surface area contributed by atoms with Gasteiger partial charge in [-0.15, -0.1) is 0 Å². The van der Waals surface area contributed by atoms with Crippen molar-refractivity contribution in [2.75, 3.05) is 30.3 Å². The van der Waals surface area contributed by atoms with Crippen LogP contribution >= 0.6 is 23.1 Å². The van der Waals surface area contributed by atoms with Gasteiger partial charge in [0.2, 0.25) is 5.95 Å². The van der Waals surface area contributed by atoms with Gasteiger partial charge in [0.1, 0.15) is 0 Å². The van der Waals surface area contributed by atoms with Gasteiger partial charge in [0.05, 0.1) is 27.8 Å². The fraction of sp³-hybridized carbons (Fsp3) is 0.409. The van der Waals surface area contributed by atoms with Crippen LogP contribution in [0.2, 0.25) is 0 Å². The van der Waals surface area contributed by atoms with Crippen LogP contribution < -0.4 is 16.4 Å². The predicted octanol–water partition coefficient (Wildman–Crippen LogP) is 3.41. The van der Waals surface area contributed by atoms with Crippen LogP contribution in [0, 0.1) is 5.41 Å². The second-order valence-electron chi connectivity index (χ2n) is 8.69. The first-order valence-corrected chi connectivity index (χ1v) is 12.4. The van der Waals surface area contributed by atoms with E-state index in [0.29, 0.717) is 5.13 Å². The molecular weight excluding hydrogens is 442 g/mol. The van der Waals surface area contributed by atoms with E-state index in [-0.39, 0.29) is 17.6 Å². The molecule has 32 heavy (non-hydrogen) atoms. The number of aromatic nitrogens is 4. The number of nitrogens with two attached hydrogens (primary N) is 2. The molecule has 4 aromatic rings. The Hall–Kier alpha value is -2.40. The Kier molecular flexibility index (Phi) is 4.79. The molecule has 2 aliphatic heterocycles. The van der Waals surface area contributed by atoms with Crippen LogP contribution in [0.25, 0.3) is 15.9 Å². The molecule has 6 rings (SSSR count). The van der Waals surface area contributed by atoms with Crippen molar-refractivity contribution in [2.45, 2.75) is 41.7 Å². The maximum atomic E-state index is 6.49. The first-order chi connectivity index (χ1) is 15.5. The van der Waals surface area contributed by atoms with Crippen molar-refractivity contribution < 1.29 is 4.74 Å². The Balaban J connectivity index is 1.29. The Morgan fingerprint density at radius 2 is 2.06 bits per heavy atom. The number of fused-ring (bicyclic) bond motifs is 2. The molecule has 3 aromatic heterocycles. The first kappa shape index (κ1) is 20.2. The van der Waals surface area contributed by atoms with Crippen molar-refractivity contribution in [2.24, 2.45) is 11.1 Å². The number of thiazole rings is 1. The number of anilines is 2. The highest BCUT2D eigenvalue weighted by molar-refractivity contribution is 8.00. The number of hydrogen-bond donors (Lipinski definition) is 2. The summed E-state index contributed by atoms with van der Waals surface area (Å²) in [4.78, 5) is 18.4. The molecule has 1 aromatic carbocycles. The molecule has 0 unspecified atom stereocenters. The minimum absolute atomic E-state index is 0.0923. The molecular formula is C22H25N7OS2. The summed E-state index contributed by atoms with van der Waals surface area (Å²) in [6.07, 6.45) is 7.92. The largest absolute Gasteiger partial charge is 0.376 e. The zero-order valence-electron chi connectivity index (χ0n) is 17.8. The molecule has 1 spiro atoms. The average molecular weight is 468 g/mol. The van der Waals surface area contributed by atoms with E-state index in [9.17, 15) is 0 Å². The Bertz CT molecular complexity index is 1290. The lowest BCUT2D eigenvalue weighted by Gasteiger charge is -2.41. The number of rotatable bonds is 3. The number of nitrogen functional groups attached to an aromatic ring is 1.